The van der Waals surface area contributed by atoms with Crippen LogP contribution in [0, 0.1) is 0 Å². The molecule has 1 aromatic heterocycles. The molecule has 1 aromatic carbocycles. The molecule has 0 atom stereocenters. The van der Waals surface area contributed by atoms with Gasteiger partial charge in [-0.25, -0.2) is 4.98 Å². The van der Waals surface area contributed by atoms with Crippen molar-refractivity contribution >= 4 is 27.5 Å². The molecule has 4 nitrogen and oxygen atoms in total. The third-order valence-electron chi connectivity index (χ3n) is 2.64. The van der Waals surface area contributed by atoms with Crippen LogP contribution in [-0.2, 0) is 6.42 Å². The van der Waals surface area contributed by atoms with Crippen molar-refractivity contribution in [1.29, 1.82) is 0 Å². The van der Waals surface area contributed by atoms with Gasteiger partial charge in [-0.05, 0) is 52.2 Å². The van der Waals surface area contributed by atoms with Crippen LogP contribution in [0.3, 0.4) is 0 Å². The second-order valence-corrected chi connectivity index (χ2v) is 5.02. The zero-order valence-corrected chi connectivity index (χ0v) is 11.9. The SMILES string of the molecule is Nc1ccc(CCNC(=O)c2ccc(Br)cn2)cc1. The molecule has 19 heavy (non-hydrogen) atoms. The number of anilines is 1. The Morgan fingerprint density at radius 1 is 1.21 bits per heavy atom. The molecule has 0 spiro atoms. The topological polar surface area (TPSA) is 68.0 Å². The van der Waals surface area contributed by atoms with Crippen molar-refractivity contribution in [2.24, 2.45) is 0 Å². The number of hydrogen-bond donors (Lipinski definition) is 2. The Morgan fingerprint density at radius 3 is 2.58 bits per heavy atom. The molecule has 0 radical (unpaired) electrons. The van der Waals surface area contributed by atoms with Gasteiger partial charge in [0.25, 0.3) is 5.91 Å². The van der Waals surface area contributed by atoms with E-state index in [0.717, 1.165) is 22.1 Å². The maximum absolute atomic E-state index is 11.8. The number of halogens is 1. The van der Waals surface area contributed by atoms with Gasteiger partial charge in [0.15, 0.2) is 0 Å². The molecule has 5 heteroatoms. The maximum atomic E-state index is 11.8. The number of nitrogen functional groups attached to an aromatic ring is 1. The van der Waals surface area contributed by atoms with Crippen LogP contribution in [0.4, 0.5) is 5.69 Å². The lowest BCUT2D eigenvalue weighted by Gasteiger charge is -2.05. The minimum atomic E-state index is -0.164. The van der Waals surface area contributed by atoms with Gasteiger partial charge in [-0.3, -0.25) is 4.79 Å². The Morgan fingerprint density at radius 2 is 1.95 bits per heavy atom. The lowest BCUT2D eigenvalue weighted by molar-refractivity contribution is 0.0949. The van der Waals surface area contributed by atoms with E-state index >= 15 is 0 Å². The van der Waals surface area contributed by atoms with Crippen molar-refractivity contribution in [3.8, 4) is 0 Å². The minimum Gasteiger partial charge on any atom is -0.399 e. The highest BCUT2D eigenvalue weighted by Crippen LogP contribution is 2.08. The summed E-state index contributed by atoms with van der Waals surface area (Å²) in [7, 11) is 0. The van der Waals surface area contributed by atoms with Gasteiger partial charge in [0, 0.05) is 22.9 Å². The molecule has 1 amide bonds. The summed E-state index contributed by atoms with van der Waals surface area (Å²) < 4.78 is 0.853. The van der Waals surface area contributed by atoms with Crippen molar-refractivity contribution in [3.05, 3.63) is 58.3 Å². The molecule has 1 heterocycles. The van der Waals surface area contributed by atoms with Crippen LogP contribution in [0.15, 0.2) is 47.1 Å². The fourth-order valence-corrected chi connectivity index (χ4v) is 1.84. The first-order valence-electron chi connectivity index (χ1n) is 5.89. The summed E-state index contributed by atoms with van der Waals surface area (Å²) in [5, 5.41) is 2.83. The van der Waals surface area contributed by atoms with Crippen LogP contribution in [0.1, 0.15) is 16.1 Å². The third-order valence-corrected chi connectivity index (χ3v) is 3.11. The molecule has 0 bridgehead atoms. The Labute approximate surface area is 120 Å². The highest BCUT2D eigenvalue weighted by molar-refractivity contribution is 9.10. The van der Waals surface area contributed by atoms with Crippen molar-refractivity contribution in [2.75, 3.05) is 12.3 Å². The summed E-state index contributed by atoms with van der Waals surface area (Å²) in [5.41, 5.74) is 7.91. The number of aromatic nitrogens is 1. The quantitative estimate of drug-likeness (QED) is 0.850. The number of rotatable bonds is 4. The molecule has 0 saturated carbocycles. The summed E-state index contributed by atoms with van der Waals surface area (Å²) in [5.74, 6) is -0.164. The van der Waals surface area contributed by atoms with Gasteiger partial charge >= 0.3 is 0 Å². The highest BCUT2D eigenvalue weighted by Gasteiger charge is 2.05. The van der Waals surface area contributed by atoms with E-state index in [0.29, 0.717) is 12.2 Å². The summed E-state index contributed by atoms with van der Waals surface area (Å²) in [6, 6.07) is 11.1. The predicted molar refractivity (Wildman–Crippen MR) is 78.8 cm³/mol. The summed E-state index contributed by atoms with van der Waals surface area (Å²) in [6.07, 6.45) is 2.37. The molecule has 0 unspecified atom stereocenters. The summed E-state index contributed by atoms with van der Waals surface area (Å²) in [4.78, 5) is 15.8. The normalized spacial score (nSPS) is 10.2. The lowest BCUT2D eigenvalue weighted by atomic mass is 10.1. The van der Waals surface area contributed by atoms with Crippen molar-refractivity contribution < 1.29 is 4.79 Å². The van der Waals surface area contributed by atoms with E-state index in [-0.39, 0.29) is 5.91 Å². The Balaban J connectivity index is 1.84. The average Bonchev–Trinajstić information content (AvgIpc) is 2.41. The van der Waals surface area contributed by atoms with Gasteiger partial charge in [0.1, 0.15) is 5.69 Å². The zero-order valence-electron chi connectivity index (χ0n) is 10.3. The van der Waals surface area contributed by atoms with Gasteiger partial charge in [-0.2, -0.15) is 0 Å². The van der Waals surface area contributed by atoms with E-state index in [1.54, 1.807) is 18.3 Å². The van der Waals surface area contributed by atoms with Crippen LogP contribution in [0.2, 0.25) is 0 Å². The first-order valence-corrected chi connectivity index (χ1v) is 6.68. The number of carbonyl (C=O) groups excluding carboxylic acids is 1. The monoisotopic (exact) mass is 319 g/mol. The maximum Gasteiger partial charge on any atom is 0.269 e. The number of benzene rings is 1. The smallest absolute Gasteiger partial charge is 0.269 e. The fraction of sp³-hybridized carbons (Fsp3) is 0.143. The van der Waals surface area contributed by atoms with E-state index in [4.69, 9.17) is 5.73 Å². The van der Waals surface area contributed by atoms with E-state index in [9.17, 15) is 4.79 Å². The summed E-state index contributed by atoms with van der Waals surface area (Å²) in [6.45, 7) is 0.570. The second kappa shape index (κ2) is 6.33. The first-order chi connectivity index (χ1) is 9.15. The van der Waals surface area contributed by atoms with Crippen LogP contribution >= 0.6 is 15.9 Å². The van der Waals surface area contributed by atoms with Crippen LogP contribution in [-0.4, -0.2) is 17.4 Å². The largest absolute Gasteiger partial charge is 0.399 e. The summed E-state index contributed by atoms with van der Waals surface area (Å²) >= 11 is 3.28. The molecule has 0 aliphatic heterocycles. The third kappa shape index (κ3) is 4.06. The number of amides is 1. The average molecular weight is 320 g/mol. The standard InChI is InChI=1S/C14H14BrN3O/c15-11-3-6-13(18-9-11)14(19)17-8-7-10-1-4-12(16)5-2-10/h1-6,9H,7-8,16H2,(H,17,19). The number of hydrogen-bond acceptors (Lipinski definition) is 3. The van der Waals surface area contributed by atoms with E-state index in [1.165, 1.54) is 0 Å². The number of nitrogens with zero attached hydrogens (tertiary/aromatic N) is 1. The molecule has 0 fully saturated rings. The second-order valence-electron chi connectivity index (χ2n) is 4.11. The molecular weight excluding hydrogens is 306 g/mol. The molecule has 98 valence electrons. The molecular formula is C14H14BrN3O. The van der Waals surface area contributed by atoms with E-state index in [2.05, 4.69) is 26.2 Å². The molecule has 0 saturated heterocycles. The van der Waals surface area contributed by atoms with Crippen LogP contribution in [0.5, 0.6) is 0 Å². The first kappa shape index (κ1) is 13.5. The van der Waals surface area contributed by atoms with Gasteiger partial charge in [-0.15, -0.1) is 0 Å². The fourth-order valence-electron chi connectivity index (χ4n) is 1.61. The van der Waals surface area contributed by atoms with E-state index < -0.39 is 0 Å². The van der Waals surface area contributed by atoms with Gasteiger partial charge in [-0.1, -0.05) is 12.1 Å². The van der Waals surface area contributed by atoms with Gasteiger partial charge in [0.05, 0.1) is 0 Å². The predicted octanol–water partition coefficient (Wildman–Crippen LogP) is 2.40. The van der Waals surface area contributed by atoms with Gasteiger partial charge < -0.3 is 11.1 Å². The molecule has 0 aliphatic rings. The van der Waals surface area contributed by atoms with E-state index in [1.807, 2.05) is 24.3 Å². The van der Waals surface area contributed by atoms with Crippen LogP contribution < -0.4 is 11.1 Å². The number of carbonyl (C=O) groups is 1. The lowest BCUT2D eigenvalue weighted by Crippen LogP contribution is -2.26. The molecule has 2 rings (SSSR count). The van der Waals surface area contributed by atoms with Crippen LogP contribution in [0.25, 0.3) is 0 Å². The number of nitrogens with two attached hydrogens (primary N) is 1. The minimum absolute atomic E-state index is 0.164. The molecule has 0 aliphatic carbocycles. The Bertz CT molecular complexity index is 552. The number of nitrogens with one attached hydrogen (secondary N) is 1. The Hall–Kier alpha value is -1.88. The molecule has 2 aromatic rings. The van der Waals surface area contributed by atoms with Gasteiger partial charge in [0.2, 0.25) is 0 Å². The zero-order chi connectivity index (χ0) is 13.7. The van der Waals surface area contributed by atoms with Crippen molar-refractivity contribution in [2.45, 2.75) is 6.42 Å². The Kier molecular flexibility index (Phi) is 4.52. The molecule has 3 N–H and O–H groups in total. The van der Waals surface area contributed by atoms with Crippen molar-refractivity contribution in [1.82, 2.24) is 10.3 Å². The van der Waals surface area contributed by atoms with Crippen molar-refractivity contribution in [3.63, 3.8) is 0 Å². The number of pyridine rings is 1. The highest BCUT2D eigenvalue weighted by atomic mass is 79.9.